The van der Waals surface area contributed by atoms with Crippen molar-refractivity contribution in [3.63, 3.8) is 0 Å². The second kappa shape index (κ2) is 8.45. The summed E-state index contributed by atoms with van der Waals surface area (Å²) in [6.45, 7) is 3.96. The number of carbonyl (C=O) groups is 2. The first-order valence-electron chi connectivity index (χ1n) is 7.39. The van der Waals surface area contributed by atoms with Crippen LogP contribution >= 0.6 is 0 Å². The van der Waals surface area contributed by atoms with Gasteiger partial charge in [-0.05, 0) is 37.2 Å². The van der Waals surface area contributed by atoms with Crippen molar-refractivity contribution >= 4 is 11.9 Å². The fourth-order valence-electron chi connectivity index (χ4n) is 2.53. The monoisotopic (exact) mass is 292 g/mol. The summed E-state index contributed by atoms with van der Waals surface area (Å²) < 4.78 is 0. The zero-order valence-electron chi connectivity index (χ0n) is 12.7. The van der Waals surface area contributed by atoms with Crippen molar-refractivity contribution in [3.8, 4) is 0 Å². The third kappa shape index (κ3) is 6.43. The molecule has 0 spiro atoms. The Morgan fingerprint density at radius 2 is 1.48 bits per heavy atom. The SMILES string of the molecule is CC(C)C[C@@H](CC[C@H](Cc1ccccc1)C(=O)O)C(=O)O. The van der Waals surface area contributed by atoms with Gasteiger partial charge in [-0.25, -0.2) is 0 Å². The molecule has 0 bridgehead atoms. The zero-order valence-corrected chi connectivity index (χ0v) is 12.7. The molecule has 4 heteroatoms. The Morgan fingerprint density at radius 1 is 0.952 bits per heavy atom. The van der Waals surface area contributed by atoms with Crippen LogP contribution in [0, 0.1) is 17.8 Å². The van der Waals surface area contributed by atoms with Gasteiger partial charge in [0.05, 0.1) is 11.8 Å². The lowest BCUT2D eigenvalue weighted by Gasteiger charge is -2.17. The van der Waals surface area contributed by atoms with Gasteiger partial charge < -0.3 is 10.2 Å². The molecule has 0 saturated carbocycles. The second-order valence-electron chi connectivity index (χ2n) is 5.97. The van der Waals surface area contributed by atoms with Crippen molar-refractivity contribution in [2.45, 2.75) is 39.5 Å². The maximum atomic E-state index is 11.4. The van der Waals surface area contributed by atoms with Crippen LogP contribution in [0.5, 0.6) is 0 Å². The second-order valence-corrected chi connectivity index (χ2v) is 5.97. The molecule has 4 nitrogen and oxygen atoms in total. The van der Waals surface area contributed by atoms with Crippen LogP contribution in [0.25, 0.3) is 0 Å². The van der Waals surface area contributed by atoms with E-state index in [1.807, 2.05) is 44.2 Å². The van der Waals surface area contributed by atoms with E-state index in [1.54, 1.807) is 0 Å². The number of aliphatic carboxylic acids is 2. The molecule has 0 aliphatic rings. The van der Waals surface area contributed by atoms with E-state index in [4.69, 9.17) is 0 Å². The van der Waals surface area contributed by atoms with E-state index >= 15 is 0 Å². The summed E-state index contributed by atoms with van der Waals surface area (Å²) in [5.74, 6) is -2.37. The van der Waals surface area contributed by atoms with E-state index in [9.17, 15) is 19.8 Å². The van der Waals surface area contributed by atoms with Crippen molar-refractivity contribution in [1.82, 2.24) is 0 Å². The highest BCUT2D eigenvalue weighted by molar-refractivity contribution is 5.71. The molecule has 0 aliphatic heterocycles. The summed E-state index contributed by atoms with van der Waals surface area (Å²) in [6, 6.07) is 9.46. The highest BCUT2D eigenvalue weighted by Crippen LogP contribution is 2.22. The third-order valence-corrected chi connectivity index (χ3v) is 3.64. The van der Waals surface area contributed by atoms with Gasteiger partial charge in [0.15, 0.2) is 0 Å². The fraction of sp³-hybridized carbons (Fsp3) is 0.529. The Morgan fingerprint density at radius 3 is 1.95 bits per heavy atom. The summed E-state index contributed by atoms with van der Waals surface area (Å²) in [7, 11) is 0. The molecular formula is C17H24O4. The summed E-state index contributed by atoms with van der Waals surface area (Å²) in [5.41, 5.74) is 0.973. The van der Waals surface area contributed by atoms with Crippen LogP contribution < -0.4 is 0 Å². The van der Waals surface area contributed by atoms with E-state index < -0.39 is 23.8 Å². The smallest absolute Gasteiger partial charge is 0.306 e. The first-order valence-corrected chi connectivity index (χ1v) is 7.39. The number of hydrogen-bond acceptors (Lipinski definition) is 2. The summed E-state index contributed by atoms with van der Waals surface area (Å²) in [4.78, 5) is 22.6. The third-order valence-electron chi connectivity index (χ3n) is 3.64. The van der Waals surface area contributed by atoms with E-state index in [2.05, 4.69) is 0 Å². The molecule has 0 aromatic heterocycles. The molecule has 0 radical (unpaired) electrons. The van der Waals surface area contributed by atoms with E-state index in [1.165, 1.54) is 0 Å². The van der Waals surface area contributed by atoms with Gasteiger partial charge >= 0.3 is 11.9 Å². The van der Waals surface area contributed by atoms with Crippen LogP contribution in [0.15, 0.2) is 30.3 Å². The Bertz CT molecular complexity index is 453. The van der Waals surface area contributed by atoms with Gasteiger partial charge in [-0.1, -0.05) is 44.2 Å². The standard InChI is InChI=1S/C17H24O4/c1-12(2)10-14(16(18)19)8-9-15(17(20)21)11-13-6-4-3-5-7-13/h3-7,12,14-15H,8-11H2,1-2H3,(H,18,19)(H,20,21)/t14-,15-/m1/s1. The van der Waals surface area contributed by atoms with E-state index in [-0.39, 0.29) is 0 Å². The zero-order chi connectivity index (χ0) is 15.8. The lowest BCUT2D eigenvalue weighted by molar-refractivity contribution is -0.145. The average molecular weight is 292 g/mol. The minimum atomic E-state index is -0.854. The maximum Gasteiger partial charge on any atom is 0.306 e. The van der Waals surface area contributed by atoms with E-state index in [0.29, 0.717) is 31.6 Å². The minimum Gasteiger partial charge on any atom is -0.481 e. The van der Waals surface area contributed by atoms with Crippen LogP contribution in [0.2, 0.25) is 0 Å². The summed E-state index contributed by atoms with van der Waals surface area (Å²) in [6.07, 6.45) is 1.85. The lowest BCUT2D eigenvalue weighted by Crippen LogP contribution is -2.21. The quantitative estimate of drug-likeness (QED) is 0.731. The van der Waals surface area contributed by atoms with Crippen molar-refractivity contribution < 1.29 is 19.8 Å². The van der Waals surface area contributed by atoms with Gasteiger partial charge in [0, 0.05) is 0 Å². The van der Waals surface area contributed by atoms with Crippen LogP contribution in [-0.2, 0) is 16.0 Å². The largest absolute Gasteiger partial charge is 0.481 e. The molecular weight excluding hydrogens is 268 g/mol. The first kappa shape index (κ1) is 17.2. The molecule has 0 aliphatic carbocycles. The van der Waals surface area contributed by atoms with Crippen LogP contribution in [0.3, 0.4) is 0 Å². The number of carboxylic acid groups (broad SMARTS) is 2. The Kier molecular flexibility index (Phi) is 6.92. The van der Waals surface area contributed by atoms with Crippen molar-refractivity contribution in [1.29, 1.82) is 0 Å². The predicted molar refractivity (Wildman–Crippen MR) is 81.1 cm³/mol. The first-order chi connectivity index (χ1) is 9.90. The Hall–Kier alpha value is -1.84. The van der Waals surface area contributed by atoms with Crippen LogP contribution in [0.4, 0.5) is 0 Å². The van der Waals surface area contributed by atoms with Crippen molar-refractivity contribution in [2.75, 3.05) is 0 Å². The molecule has 0 saturated heterocycles. The highest BCUT2D eigenvalue weighted by atomic mass is 16.4. The van der Waals surface area contributed by atoms with Gasteiger partial charge in [0.1, 0.15) is 0 Å². The lowest BCUT2D eigenvalue weighted by atomic mass is 9.87. The molecule has 1 rings (SSSR count). The topological polar surface area (TPSA) is 74.6 Å². The highest BCUT2D eigenvalue weighted by Gasteiger charge is 2.24. The van der Waals surface area contributed by atoms with Crippen molar-refractivity contribution in [3.05, 3.63) is 35.9 Å². The molecule has 0 fully saturated rings. The molecule has 1 aromatic carbocycles. The fourth-order valence-corrected chi connectivity index (χ4v) is 2.53. The molecule has 1 aromatic rings. The summed E-state index contributed by atoms with van der Waals surface area (Å²) >= 11 is 0. The predicted octanol–water partition coefficient (Wildman–Crippen LogP) is 3.46. The van der Waals surface area contributed by atoms with Gasteiger partial charge in [-0.15, -0.1) is 0 Å². The van der Waals surface area contributed by atoms with Gasteiger partial charge in [0.25, 0.3) is 0 Å². The number of carboxylic acids is 2. The van der Waals surface area contributed by atoms with E-state index in [0.717, 1.165) is 5.56 Å². The number of benzene rings is 1. The van der Waals surface area contributed by atoms with Gasteiger partial charge in [0.2, 0.25) is 0 Å². The summed E-state index contributed by atoms with van der Waals surface area (Å²) in [5, 5.41) is 18.5. The molecule has 0 amide bonds. The molecule has 116 valence electrons. The maximum absolute atomic E-state index is 11.4. The van der Waals surface area contributed by atoms with Gasteiger partial charge in [-0.2, -0.15) is 0 Å². The molecule has 21 heavy (non-hydrogen) atoms. The Balaban J connectivity index is 2.61. The molecule has 0 unspecified atom stereocenters. The number of hydrogen-bond donors (Lipinski definition) is 2. The Labute approximate surface area is 125 Å². The van der Waals surface area contributed by atoms with Crippen LogP contribution in [-0.4, -0.2) is 22.2 Å². The normalized spacial score (nSPS) is 13.9. The molecule has 2 atom stereocenters. The van der Waals surface area contributed by atoms with Crippen LogP contribution in [0.1, 0.15) is 38.7 Å². The minimum absolute atomic E-state index is 0.295. The molecule has 0 heterocycles. The van der Waals surface area contributed by atoms with Gasteiger partial charge in [-0.3, -0.25) is 9.59 Å². The van der Waals surface area contributed by atoms with Crippen molar-refractivity contribution in [2.24, 2.45) is 17.8 Å². The number of rotatable bonds is 9. The molecule has 2 N–H and O–H groups in total. The average Bonchev–Trinajstić information content (AvgIpc) is 2.42.